The molecule has 26 heavy (non-hydrogen) atoms. The molecule has 3 aromatic rings. The van der Waals surface area contributed by atoms with Crippen LogP contribution in [0.25, 0.3) is 11.3 Å². The van der Waals surface area contributed by atoms with Gasteiger partial charge in [-0.3, -0.25) is 9.59 Å². The van der Waals surface area contributed by atoms with Gasteiger partial charge >= 0.3 is 0 Å². The van der Waals surface area contributed by atoms with Gasteiger partial charge in [0, 0.05) is 22.5 Å². The maximum atomic E-state index is 12.6. The van der Waals surface area contributed by atoms with Crippen molar-refractivity contribution >= 4 is 49.2 Å². The lowest BCUT2D eigenvalue weighted by molar-refractivity contribution is -0.114. The maximum absolute atomic E-state index is 12.6. The SMILES string of the molecule is CC(=O)Nc1nc(-c2ccc(C)cc2)c(NC(=O)c2ccc(Br)cc2)s1. The molecule has 5 nitrogen and oxygen atoms in total. The first-order valence-corrected chi connectivity index (χ1v) is 9.45. The Balaban J connectivity index is 1.94. The Morgan fingerprint density at radius 2 is 1.65 bits per heavy atom. The van der Waals surface area contributed by atoms with Crippen LogP contribution in [0.15, 0.2) is 53.0 Å². The lowest BCUT2D eigenvalue weighted by Gasteiger charge is -2.06. The lowest BCUT2D eigenvalue weighted by atomic mass is 10.1. The number of benzene rings is 2. The molecule has 0 unspecified atom stereocenters. The van der Waals surface area contributed by atoms with E-state index in [1.165, 1.54) is 18.3 Å². The minimum Gasteiger partial charge on any atom is -0.312 e. The molecule has 0 spiro atoms. The van der Waals surface area contributed by atoms with Crippen molar-refractivity contribution in [2.24, 2.45) is 0 Å². The summed E-state index contributed by atoms with van der Waals surface area (Å²) in [5, 5.41) is 6.61. The highest BCUT2D eigenvalue weighted by Crippen LogP contribution is 2.36. The second-order valence-electron chi connectivity index (χ2n) is 5.70. The van der Waals surface area contributed by atoms with Crippen molar-refractivity contribution in [1.29, 1.82) is 0 Å². The predicted molar refractivity (Wildman–Crippen MR) is 109 cm³/mol. The number of aryl methyl sites for hydroxylation is 1. The third-order valence-electron chi connectivity index (χ3n) is 3.57. The molecule has 0 aliphatic rings. The molecule has 1 heterocycles. The van der Waals surface area contributed by atoms with Gasteiger partial charge in [-0.15, -0.1) is 0 Å². The highest BCUT2D eigenvalue weighted by molar-refractivity contribution is 9.10. The Bertz CT molecular complexity index is 950. The van der Waals surface area contributed by atoms with Crippen LogP contribution < -0.4 is 10.6 Å². The van der Waals surface area contributed by atoms with Crippen LogP contribution in [0.5, 0.6) is 0 Å². The summed E-state index contributed by atoms with van der Waals surface area (Å²) in [6.07, 6.45) is 0. The van der Waals surface area contributed by atoms with Crippen molar-refractivity contribution in [1.82, 2.24) is 4.98 Å². The van der Waals surface area contributed by atoms with E-state index in [4.69, 9.17) is 0 Å². The van der Waals surface area contributed by atoms with E-state index < -0.39 is 0 Å². The molecule has 2 aromatic carbocycles. The van der Waals surface area contributed by atoms with E-state index in [2.05, 4.69) is 31.5 Å². The van der Waals surface area contributed by atoms with Crippen LogP contribution in [0.2, 0.25) is 0 Å². The zero-order chi connectivity index (χ0) is 18.7. The third kappa shape index (κ3) is 4.36. The molecular weight excluding hydrogens is 414 g/mol. The summed E-state index contributed by atoms with van der Waals surface area (Å²) in [6.45, 7) is 3.43. The fourth-order valence-corrected chi connectivity index (χ4v) is 3.49. The average molecular weight is 430 g/mol. The standard InChI is InChI=1S/C19H16BrN3O2S/c1-11-3-5-13(6-4-11)16-18(26-19(22-16)21-12(2)24)23-17(25)14-7-9-15(20)10-8-14/h3-10H,1-2H3,(H,23,25)(H,21,22,24). The minimum absolute atomic E-state index is 0.208. The van der Waals surface area contributed by atoms with E-state index in [1.807, 2.05) is 43.3 Å². The lowest BCUT2D eigenvalue weighted by Crippen LogP contribution is -2.11. The van der Waals surface area contributed by atoms with Crippen LogP contribution in [0.1, 0.15) is 22.8 Å². The molecule has 132 valence electrons. The number of hydrogen-bond donors (Lipinski definition) is 2. The van der Waals surface area contributed by atoms with Gasteiger partial charge < -0.3 is 10.6 Å². The average Bonchev–Trinajstić information content (AvgIpc) is 2.97. The van der Waals surface area contributed by atoms with Crippen LogP contribution in [-0.2, 0) is 4.79 Å². The summed E-state index contributed by atoms with van der Waals surface area (Å²) in [7, 11) is 0. The summed E-state index contributed by atoms with van der Waals surface area (Å²) in [5.74, 6) is -0.441. The number of thiazole rings is 1. The molecule has 0 saturated carbocycles. The Morgan fingerprint density at radius 1 is 1.00 bits per heavy atom. The number of rotatable bonds is 4. The summed E-state index contributed by atoms with van der Waals surface area (Å²) >= 11 is 4.58. The largest absolute Gasteiger partial charge is 0.312 e. The second kappa shape index (κ2) is 7.80. The van der Waals surface area contributed by atoms with E-state index in [0.29, 0.717) is 21.4 Å². The molecule has 0 bridgehead atoms. The third-order valence-corrected chi connectivity index (χ3v) is 4.98. The Morgan fingerprint density at radius 3 is 2.27 bits per heavy atom. The van der Waals surface area contributed by atoms with Gasteiger partial charge in [0.05, 0.1) is 0 Å². The topological polar surface area (TPSA) is 71.1 Å². The Kier molecular flexibility index (Phi) is 5.49. The first kappa shape index (κ1) is 18.3. The molecule has 0 fully saturated rings. The van der Waals surface area contributed by atoms with Crippen molar-refractivity contribution in [2.45, 2.75) is 13.8 Å². The van der Waals surface area contributed by atoms with E-state index in [-0.39, 0.29) is 11.8 Å². The summed E-state index contributed by atoms with van der Waals surface area (Å²) in [4.78, 5) is 28.4. The summed E-state index contributed by atoms with van der Waals surface area (Å²) in [5.41, 5.74) is 3.17. The second-order valence-corrected chi connectivity index (χ2v) is 7.62. The molecule has 0 aliphatic heterocycles. The van der Waals surface area contributed by atoms with Gasteiger partial charge in [-0.25, -0.2) is 4.98 Å². The summed E-state index contributed by atoms with van der Waals surface area (Å²) in [6, 6.07) is 14.9. The predicted octanol–water partition coefficient (Wildman–Crippen LogP) is 5.09. The fraction of sp³-hybridized carbons (Fsp3) is 0.105. The van der Waals surface area contributed by atoms with Gasteiger partial charge in [-0.2, -0.15) is 0 Å². The minimum atomic E-state index is -0.233. The van der Waals surface area contributed by atoms with Crippen molar-refractivity contribution < 1.29 is 9.59 Å². The normalized spacial score (nSPS) is 10.4. The Hall–Kier alpha value is -2.51. The van der Waals surface area contributed by atoms with E-state index in [9.17, 15) is 9.59 Å². The molecule has 2 amide bonds. The van der Waals surface area contributed by atoms with Crippen LogP contribution in [0.4, 0.5) is 10.1 Å². The number of anilines is 2. The molecule has 0 radical (unpaired) electrons. The van der Waals surface area contributed by atoms with Crippen molar-refractivity contribution in [2.75, 3.05) is 10.6 Å². The van der Waals surface area contributed by atoms with Gasteiger partial charge in [0.25, 0.3) is 5.91 Å². The number of hydrogen-bond acceptors (Lipinski definition) is 4. The number of nitrogens with zero attached hydrogens (tertiary/aromatic N) is 1. The number of aromatic nitrogens is 1. The fourth-order valence-electron chi connectivity index (χ4n) is 2.29. The quantitative estimate of drug-likeness (QED) is 0.606. The van der Waals surface area contributed by atoms with Crippen molar-refractivity contribution in [3.63, 3.8) is 0 Å². The smallest absolute Gasteiger partial charge is 0.256 e. The first-order valence-electron chi connectivity index (χ1n) is 7.85. The maximum Gasteiger partial charge on any atom is 0.256 e. The monoisotopic (exact) mass is 429 g/mol. The molecule has 7 heteroatoms. The highest BCUT2D eigenvalue weighted by Gasteiger charge is 2.17. The zero-order valence-corrected chi connectivity index (χ0v) is 16.6. The molecule has 1 aromatic heterocycles. The van der Waals surface area contributed by atoms with Gasteiger partial charge in [0.2, 0.25) is 5.91 Å². The number of nitrogens with one attached hydrogen (secondary N) is 2. The van der Waals surface area contributed by atoms with E-state index in [1.54, 1.807) is 12.1 Å². The van der Waals surface area contributed by atoms with Crippen molar-refractivity contribution in [3.8, 4) is 11.3 Å². The number of carbonyl (C=O) groups is 2. The molecule has 0 saturated heterocycles. The van der Waals surface area contributed by atoms with Gasteiger partial charge in [-0.05, 0) is 31.2 Å². The zero-order valence-electron chi connectivity index (χ0n) is 14.2. The number of carbonyl (C=O) groups excluding carboxylic acids is 2. The number of halogens is 1. The van der Waals surface area contributed by atoms with Crippen LogP contribution in [0, 0.1) is 6.92 Å². The van der Waals surface area contributed by atoms with Gasteiger partial charge in [0.1, 0.15) is 10.7 Å². The van der Waals surface area contributed by atoms with Crippen molar-refractivity contribution in [3.05, 3.63) is 64.1 Å². The van der Waals surface area contributed by atoms with E-state index in [0.717, 1.165) is 15.6 Å². The van der Waals surface area contributed by atoms with Gasteiger partial charge in [0.15, 0.2) is 5.13 Å². The van der Waals surface area contributed by atoms with Crippen LogP contribution in [-0.4, -0.2) is 16.8 Å². The van der Waals surface area contributed by atoms with Gasteiger partial charge in [-0.1, -0.05) is 57.1 Å². The molecule has 0 aliphatic carbocycles. The Labute approximate surface area is 163 Å². The summed E-state index contributed by atoms with van der Waals surface area (Å²) < 4.78 is 0.903. The van der Waals surface area contributed by atoms with Crippen LogP contribution >= 0.6 is 27.3 Å². The molecule has 0 atom stereocenters. The van der Waals surface area contributed by atoms with Crippen LogP contribution in [0.3, 0.4) is 0 Å². The highest BCUT2D eigenvalue weighted by atomic mass is 79.9. The molecule has 3 rings (SSSR count). The first-order chi connectivity index (χ1) is 12.4. The molecule has 2 N–H and O–H groups in total. The van der Waals surface area contributed by atoms with E-state index >= 15 is 0 Å². The molecular formula is C19H16BrN3O2S. The number of amides is 2.